The molecule has 4 nitrogen and oxygen atoms in total. The van der Waals surface area contributed by atoms with Crippen LogP contribution >= 0.6 is 11.6 Å². The molecule has 0 bridgehead atoms. The van der Waals surface area contributed by atoms with Crippen molar-refractivity contribution in [3.05, 3.63) is 29.3 Å². The maximum absolute atomic E-state index is 11.5. The van der Waals surface area contributed by atoms with E-state index in [9.17, 15) is 4.79 Å². The lowest BCUT2D eigenvalue weighted by molar-refractivity contribution is -0.115. The van der Waals surface area contributed by atoms with Gasteiger partial charge in [0.25, 0.3) is 5.91 Å². The Balaban J connectivity index is 2.04. The van der Waals surface area contributed by atoms with Crippen LogP contribution in [0.2, 0.25) is 5.02 Å². The number of nitrogens with zero attached hydrogens (tertiary/aromatic N) is 1. The predicted octanol–water partition coefficient (Wildman–Crippen LogP) is 2.26. The van der Waals surface area contributed by atoms with E-state index in [-0.39, 0.29) is 5.91 Å². The number of carbonyl (C=O) groups is 1. The average Bonchev–Trinajstić information content (AvgIpc) is 2.32. The van der Waals surface area contributed by atoms with Crippen LogP contribution in [0, 0.1) is 5.92 Å². The number of benzene rings is 1. The lowest BCUT2D eigenvalue weighted by atomic mass is 10.00. The highest BCUT2D eigenvalue weighted by atomic mass is 35.5. The SMILES string of the molecule is CC1CNC(=O)C(=NNc2ccc(Cl)cc2)C1. The Kier molecular flexibility index (Phi) is 3.64. The van der Waals surface area contributed by atoms with E-state index in [0.29, 0.717) is 23.1 Å². The van der Waals surface area contributed by atoms with E-state index in [1.54, 1.807) is 12.1 Å². The van der Waals surface area contributed by atoms with Crippen LogP contribution in [-0.4, -0.2) is 18.2 Å². The average molecular weight is 252 g/mol. The second-order valence-electron chi connectivity index (χ2n) is 4.20. The maximum Gasteiger partial charge on any atom is 0.267 e. The summed E-state index contributed by atoms with van der Waals surface area (Å²) in [6.45, 7) is 2.80. The second-order valence-corrected chi connectivity index (χ2v) is 4.63. The molecule has 90 valence electrons. The summed E-state index contributed by atoms with van der Waals surface area (Å²) in [5.74, 6) is 0.336. The number of nitrogens with one attached hydrogen (secondary N) is 2. The van der Waals surface area contributed by atoms with Gasteiger partial charge in [-0.1, -0.05) is 18.5 Å². The Bertz CT molecular complexity index is 442. The number of hydrogen-bond acceptors (Lipinski definition) is 3. The summed E-state index contributed by atoms with van der Waals surface area (Å²) in [5.41, 5.74) is 4.21. The van der Waals surface area contributed by atoms with Gasteiger partial charge in [0.05, 0.1) is 5.69 Å². The molecule has 1 fully saturated rings. The van der Waals surface area contributed by atoms with Crippen LogP contribution in [0.25, 0.3) is 0 Å². The van der Waals surface area contributed by atoms with Gasteiger partial charge in [0.15, 0.2) is 0 Å². The van der Waals surface area contributed by atoms with E-state index < -0.39 is 0 Å². The summed E-state index contributed by atoms with van der Waals surface area (Å²) in [4.78, 5) is 11.5. The van der Waals surface area contributed by atoms with Gasteiger partial charge < -0.3 is 5.32 Å². The lowest BCUT2D eigenvalue weighted by Crippen LogP contribution is -2.41. The van der Waals surface area contributed by atoms with Crippen molar-refractivity contribution in [2.45, 2.75) is 13.3 Å². The molecule has 17 heavy (non-hydrogen) atoms. The number of halogens is 1. The first-order valence-corrected chi connectivity index (χ1v) is 5.89. The second kappa shape index (κ2) is 5.19. The predicted molar refractivity (Wildman–Crippen MR) is 69.3 cm³/mol. The minimum Gasteiger partial charge on any atom is -0.351 e. The molecule has 1 atom stereocenters. The number of rotatable bonds is 2. The van der Waals surface area contributed by atoms with Crippen molar-refractivity contribution in [2.24, 2.45) is 11.0 Å². The summed E-state index contributed by atoms with van der Waals surface area (Å²) >= 11 is 5.78. The maximum atomic E-state index is 11.5. The molecular weight excluding hydrogens is 238 g/mol. The highest BCUT2D eigenvalue weighted by Gasteiger charge is 2.21. The first-order valence-electron chi connectivity index (χ1n) is 5.51. The van der Waals surface area contributed by atoms with Crippen molar-refractivity contribution in [3.63, 3.8) is 0 Å². The molecule has 1 aliphatic heterocycles. The molecule has 0 radical (unpaired) electrons. The van der Waals surface area contributed by atoms with Gasteiger partial charge in [-0.2, -0.15) is 5.10 Å². The lowest BCUT2D eigenvalue weighted by Gasteiger charge is -2.19. The van der Waals surface area contributed by atoms with Crippen molar-refractivity contribution in [1.82, 2.24) is 5.32 Å². The fraction of sp³-hybridized carbons (Fsp3) is 0.333. The molecule has 1 unspecified atom stereocenters. The number of carbonyl (C=O) groups excluding carboxylic acids is 1. The zero-order valence-electron chi connectivity index (χ0n) is 9.53. The Morgan fingerprint density at radius 3 is 2.82 bits per heavy atom. The van der Waals surface area contributed by atoms with E-state index in [0.717, 1.165) is 12.2 Å². The summed E-state index contributed by atoms with van der Waals surface area (Å²) in [6, 6.07) is 7.17. The van der Waals surface area contributed by atoms with Crippen molar-refractivity contribution in [2.75, 3.05) is 12.0 Å². The van der Waals surface area contributed by atoms with E-state index in [1.165, 1.54) is 0 Å². The van der Waals surface area contributed by atoms with Gasteiger partial charge in [0.1, 0.15) is 5.71 Å². The molecule has 0 aromatic heterocycles. The topological polar surface area (TPSA) is 53.5 Å². The van der Waals surface area contributed by atoms with Gasteiger partial charge in [-0.15, -0.1) is 0 Å². The van der Waals surface area contributed by atoms with Crippen LogP contribution in [0.1, 0.15) is 13.3 Å². The molecule has 1 amide bonds. The molecule has 2 N–H and O–H groups in total. The third-order valence-electron chi connectivity index (χ3n) is 2.58. The van der Waals surface area contributed by atoms with E-state index in [4.69, 9.17) is 11.6 Å². The molecule has 1 heterocycles. The highest BCUT2D eigenvalue weighted by molar-refractivity contribution is 6.39. The molecule has 1 aromatic carbocycles. The normalized spacial score (nSPS) is 22.4. The standard InChI is InChI=1S/C12H14ClN3O/c1-8-6-11(12(17)14-7-8)16-15-10-4-2-9(13)3-5-10/h2-5,8,15H,6-7H2,1H3,(H,14,17). The third kappa shape index (κ3) is 3.20. The van der Waals surface area contributed by atoms with Gasteiger partial charge in [-0.3, -0.25) is 10.2 Å². The smallest absolute Gasteiger partial charge is 0.267 e. The van der Waals surface area contributed by atoms with Crippen LogP contribution in [0.5, 0.6) is 0 Å². The van der Waals surface area contributed by atoms with Gasteiger partial charge in [0.2, 0.25) is 0 Å². The quantitative estimate of drug-likeness (QED) is 0.793. The molecule has 2 rings (SSSR count). The molecular formula is C12H14ClN3O. The van der Waals surface area contributed by atoms with Crippen LogP contribution in [0.3, 0.4) is 0 Å². The minimum atomic E-state index is -0.0930. The molecule has 0 saturated carbocycles. The number of hydrogen-bond donors (Lipinski definition) is 2. The van der Waals surface area contributed by atoms with Crippen molar-refractivity contribution in [3.8, 4) is 0 Å². The largest absolute Gasteiger partial charge is 0.351 e. The van der Waals surface area contributed by atoms with Crippen molar-refractivity contribution < 1.29 is 4.79 Å². The van der Waals surface area contributed by atoms with Crippen LogP contribution in [0.4, 0.5) is 5.69 Å². The number of amides is 1. The summed E-state index contributed by atoms with van der Waals surface area (Å²) in [5, 5.41) is 7.60. The number of hydrazone groups is 1. The Morgan fingerprint density at radius 2 is 2.12 bits per heavy atom. The molecule has 5 heteroatoms. The zero-order chi connectivity index (χ0) is 12.3. The van der Waals surface area contributed by atoms with Crippen LogP contribution < -0.4 is 10.7 Å². The van der Waals surface area contributed by atoms with Crippen LogP contribution in [-0.2, 0) is 4.79 Å². The van der Waals surface area contributed by atoms with Crippen molar-refractivity contribution >= 4 is 28.9 Å². The molecule has 1 aromatic rings. The Labute approximate surface area is 105 Å². The number of piperidine rings is 1. The van der Waals surface area contributed by atoms with E-state index >= 15 is 0 Å². The first kappa shape index (κ1) is 11.9. The van der Waals surface area contributed by atoms with E-state index in [1.807, 2.05) is 12.1 Å². The van der Waals surface area contributed by atoms with Gasteiger partial charge in [0, 0.05) is 18.0 Å². The van der Waals surface area contributed by atoms with Gasteiger partial charge in [-0.05, 0) is 30.2 Å². The number of anilines is 1. The van der Waals surface area contributed by atoms with Gasteiger partial charge >= 0.3 is 0 Å². The molecule has 1 saturated heterocycles. The summed E-state index contributed by atoms with van der Waals surface area (Å²) in [6.07, 6.45) is 0.701. The Hall–Kier alpha value is -1.55. The van der Waals surface area contributed by atoms with Crippen molar-refractivity contribution in [1.29, 1.82) is 0 Å². The minimum absolute atomic E-state index is 0.0930. The summed E-state index contributed by atoms with van der Waals surface area (Å²) < 4.78 is 0. The Morgan fingerprint density at radius 1 is 1.41 bits per heavy atom. The fourth-order valence-electron chi connectivity index (χ4n) is 1.62. The van der Waals surface area contributed by atoms with E-state index in [2.05, 4.69) is 22.8 Å². The third-order valence-corrected chi connectivity index (χ3v) is 2.83. The molecule has 0 aliphatic carbocycles. The first-order chi connectivity index (χ1) is 8.15. The van der Waals surface area contributed by atoms with Gasteiger partial charge in [-0.25, -0.2) is 0 Å². The molecule has 0 spiro atoms. The highest BCUT2D eigenvalue weighted by Crippen LogP contribution is 2.14. The summed E-state index contributed by atoms with van der Waals surface area (Å²) in [7, 11) is 0. The molecule has 1 aliphatic rings. The fourth-order valence-corrected chi connectivity index (χ4v) is 1.74. The van der Waals surface area contributed by atoms with Crippen LogP contribution in [0.15, 0.2) is 29.4 Å². The monoisotopic (exact) mass is 251 g/mol. The zero-order valence-corrected chi connectivity index (χ0v) is 10.3.